The van der Waals surface area contributed by atoms with E-state index in [-0.39, 0.29) is 41.8 Å². The third-order valence-corrected chi connectivity index (χ3v) is 5.42. The fourth-order valence-electron chi connectivity index (χ4n) is 3.71. The highest BCUT2D eigenvalue weighted by atomic mass is 19.4. The monoisotopic (exact) mass is 458 g/mol. The van der Waals surface area contributed by atoms with Crippen LogP contribution >= 0.6 is 0 Å². The fourth-order valence-corrected chi connectivity index (χ4v) is 3.71. The van der Waals surface area contributed by atoms with E-state index >= 15 is 0 Å². The van der Waals surface area contributed by atoms with Gasteiger partial charge in [-0.3, -0.25) is 4.79 Å². The first-order valence-electron chi connectivity index (χ1n) is 10.3. The first kappa shape index (κ1) is 22.5. The number of carbonyl (C=O) groups excluding carboxylic acids is 1. The Balaban J connectivity index is 1.56. The van der Waals surface area contributed by atoms with Gasteiger partial charge in [0.2, 0.25) is 5.91 Å². The number of imidazole rings is 1. The van der Waals surface area contributed by atoms with E-state index in [1.807, 2.05) is 6.07 Å². The molecular weight excluding hydrogens is 437 g/mol. The summed E-state index contributed by atoms with van der Waals surface area (Å²) in [5, 5.41) is 12.4. The van der Waals surface area contributed by atoms with E-state index in [1.165, 1.54) is 18.5 Å². The lowest BCUT2D eigenvalue weighted by Gasteiger charge is -2.27. The van der Waals surface area contributed by atoms with Crippen molar-refractivity contribution in [3.05, 3.63) is 41.9 Å². The van der Waals surface area contributed by atoms with Crippen LogP contribution in [0.2, 0.25) is 0 Å². The van der Waals surface area contributed by atoms with Gasteiger partial charge in [0, 0.05) is 32.2 Å². The molecule has 3 aromatic rings. The van der Waals surface area contributed by atoms with Crippen molar-refractivity contribution in [1.29, 1.82) is 5.26 Å². The largest absolute Gasteiger partial charge is 0.493 e. The SMILES string of the molecule is Cn1cnc2c(C#N)nc(-c3ccc(OCCCN4CCNCC4=O)c(C(F)(F)F)c3)cc21. The van der Waals surface area contributed by atoms with E-state index in [0.29, 0.717) is 37.1 Å². The first-order valence-corrected chi connectivity index (χ1v) is 10.3. The molecule has 0 aliphatic carbocycles. The van der Waals surface area contributed by atoms with Gasteiger partial charge in [-0.05, 0) is 30.7 Å². The zero-order valence-electron chi connectivity index (χ0n) is 17.8. The number of ether oxygens (including phenoxy) is 1. The van der Waals surface area contributed by atoms with Crippen LogP contribution in [0.25, 0.3) is 22.3 Å². The van der Waals surface area contributed by atoms with Gasteiger partial charge in [-0.2, -0.15) is 18.4 Å². The summed E-state index contributed by atoms with van der Waals surface area (Å²) in [5.74, 6) is -0.323. The second-order valence-electron chi connectivity index (χ2n) is 7.66. The number of alkyl halides is 3. The van der Waals surface area contributed by atoms with Gasteiger partial charge in [0.1, 0.15) is 17.3 Å². The van der Waals surface area contributed by atoms with Crippen LogP contribution in [0.4, 0.5) is 13.2 Å². The van der Waals surface area contributed by atoms with Crippen molar-refractivity contribution in [2.45, 2.75) is 12.6 Å². The van der Waals surface area contributed by atoms with Crippen molar-refractivity contribution in [3.8, 4) is 23.1 Å². The number of pyridine rings is 1. The molecular formula is C22H21F3N6O2. The number of rotatable bonds is 6. The maximum Gasteiger partial charge on any atom is 0.419 e. The molecule has 2 aromatic heterocycles. The minimum atomic E-state index is -4.64. The van der Waals surface area contributed by atoms with E-state index in [2.05, 4.69) is 15.3 Å². The van der Waals surface area contributed by atoms with Gasteiger partial charge in [-0.15, -0.1) is 0 Å². The molecule has 1 fully saturated rings. The van der Waals surface area contributed by atoms with Gasteiger partial charge < -0.3 is 19.5 Å². The molecule has 0 spiro atoms. The molecule has 1 aliphatic rings. The van der Waals surface area contributed by atoms with Crippen molar-refractivity contribution in [2.75, 3.05) is 32.8 Å². The molecule has 0 radical (unpaired) electrons. The number of aromatic nitrogens is 3. The van der Waals surface area contributed by atoms with Crippen LogP contribution in [-0.4, -0.2) is 58.1 Å². The van der Waals surface area contributed by atoms with Crippen LogP contribution in [0.3, 0.4) is 0 Å². The van der Waals surface area contributed by atoms with Gasteiger partial charge in [0.25, 0.3) is 0 Å². The molecule has 33 heavy (non-hydrogen) atoms. The number of halogens is 3. The summed E-state index contributed by atoms with van der Waals surface area (Å²) in [4.78, 5) is 21.8. The quantitative estimate of drug-likeness (QED) is 0.571. The molecule has 172 valence electrons. The van der Waals surface area contributed by atoms with Crippen molar-refractivity contribution >= 4 is 16.9 Å². The zero-order chi connectivity index (χ0) is 23.6. The second kappa shape index (κ2) is 9.07. The van der Waals surface area contributed by atoms with Crippen molar-refractivity contribution < 1.29 is 22.7 Å². The van der Waals surface area contributed by atoms with E-state index in [1.54, 1.807) is 22.6 Å². The van der Waals surface area contributed by atoms with E-state index in [0.717, 1.165) is 6.07 Å². The number of piperazine rings is 1. The minimum absolute atomic E-state index is 0.0313. The number of fused-ring (bicyclic) bond motifs is 1. The Labute approximate surface area is 187 Å². The second-order valence-corrected chi connectivity index (χ2v) is 7.66. The van der Waals surface area contributed by atoms with Gasteiger partial charge in [0.15, 0.2) is 5.69 Å². The molecule has 0 bridgehead atoms. The summed E-state index contributed by atoms with van der Waals surface area (Å²) in [6.45, 7) is 1.99. The van der Waals surface area contributed by atoms with Crippen LogP contribution in [0.5, 0.6) is 5.75 Å². The molecule has 1 amide bonds. The molecule has 8 nitrogen and oxygen atoms in total. The average molecular weight is 458 g/mol. The molecule has 1 aliphatic heterocycles. The number of carbonyl (C=O) groups is 1. The predicted molar refractivity (Wildman–Crippen MR) is 113 cm³/mol. The highest BCUT2D eigenvalue weighted by Crippen LogP contribution is 2.39. The van der Waals surface area contributed by atoms with Gasteiger partial charge in [-0.1, -0.05) is 0 Å². The van der Waals surface area contributed by atoms with Crippen LogP contribution in [0, 0.1) is 11.3 Å². The maximum absolute atomic E-state index is 13.8. The van der Waals surface area contributed by atoms with E-state index in [9.17, 15) is 23.2 Å². The van der Waals surface area contributed by atoms with E-state index in [4.69, 9.17) is 4.74 Å². The lowest BCUT2D eigenvalue weighted by atomic mass is 10.1. The minimum Gasteiger partial charge on any atom is -0.493 e. The van der Waals surface area contributed by atoms with Gasteiger partial charge in [-0.25, -0.2) is 9.97 Å². The first-order chi connectivity index (χ1) is 15.8. The average Bonchev–Trinajstić information content (AvgIpc) is 3.17. The summed E-state index contributed by atoms with van der Waals surface area (Å²) < 4.78 is 48.5. The molecule has 0 atom stereocenters. The molecule has 1 aromatic carbocycles. The van der Waals surface area contributed by atoms with Crippen molar-refractivity contribution in [2.24, 2.45) is 7.05 Å². The summed E-state index contributed by atoms with van der Waals surface area (Å²) in [5.41, 5.74) is 0.538. The molecule has 3 heterocycles. The molecule has 0 saturated carbocycles. The van der Waals surface area contributed by atoms with Crippen LogP contribution in [-0.2, 0) is 18.0 Å². The number of nitrogens with one attached hydrogen (secondary N) is 1. The third kappa shape index (κ3) is 4.75. The third-order valence-electron chi connectivity index (χ3n) is 5.42. The Morgan fingerprint density at radius 3 is 2.85 bits per heavy atom. The molecule has 1 saturated heterocycles. The van der Waals surface area contributed by atoms with Gasteiger partial charge in [0.05, 0.1) is 36.3 Å². The zero-order valence-corrected chi connectivity index (χ0v) is 17.8. The molecule has 4 rings (SSSR count). The van der Waals surface area contributed by atoms with Crippen LogP contribution < -0.4 is 10.1 Å². The Bertz CT molecular complexity index is 1230. The van der Waals surface area contributed by atoms with Crippen molar-refractivity contribution in [1.82, 2.24) is 24.8 Å². The Morgan fingerprint density at radius 2 is 2.12 bits per heavy atom. The Morgan fingerprint density at radius 1 is 1.30 bits per heavy atom. The number of benzene rings is 1. The molecule has 0 unspecified atom stereocenters. The van der Waals surface area contributed by atoms with Crippen molar-refractivity contribution in [3.63, 3.8) is 0 Å². The lowest BCUT2D eigenvalue weighted by Crippen LogP contribution is -2.48. The summed E-state index contributed by atoms with van der Waals surface area (Å²) >= 11 is 0. The topological polar surface area (TPSA) is 96.1 Å². The Kier molecular flexibility index (Phi) is 6.20. The lowest BCUT2D eigenvalue weighted by molar-refractivity contribution is -0.138. The molecule has 11 heteroatoms. The number of hydrogen-bond acceptors (Lipinski definition) is 6. The van der Waals surface area contributed by atoms with Gasteiger partial charge >= 0.3 is 6.18 Å². The summed E-state index contributed by atoms with van der Waals surface area (Å²) in [7, 11) is 1.73. The highest BCUT2D eigenvalue weighted by molar-refractivity contribution is 5.84. The predicted octanol–water partition coefficient (Wildman–Crippen LogP) is 2.73. The maximum atomic E-state index is 13.8. The number of aryl methyl sites for hydroxylation is 1. The number of amides is 1. The summed E-state index contributed by atoms with van der Waals surface area (Å²) in [6.07, 6.45) is -2.72. The number of nitriles is 1. The summed E-state index contributed by atoms with van der Waals surface area (Å²) in [6, 6.07) is 7.26. The number of hydrogen-bond donors (Lipinski definition) is 1. The number of nitrogens with zero attached hydrogens (tertiary/aromatic N) is 5. The smallest absolute Gasteiger partial charge is 0.419 e. The van der Waals surface area contributed by atoms with Crippen LogP contribution in [0.15, 0.2) is 30.6 Å². The molecule has 1 N–H and O–H groups in total. The Hall–Kier alpha value is -3.65. The van der Waals surface area contributed by atoms with E-state index < -0.39 is 11.7 Å². The fraction of sp³-hybridized carbons (Fsp3) is 0.364. The normalized spacial score (nSPS) is 14.5. The standard InChI is InChI=1S/C22H21F3N6O2/c1-30-13-28-21-17(11-26)29-16(10-18(21)30)14-3-4-19(15(9-14)22(23,24)25)33-8-2-6-31-7-5-27-12-20(31)32/h3-4,9-10,13,27H,2,5-8,12H2,1H3. The van der Waals surface area contributed by atoms with Crippen LogP contribution in [0.1, 0.15) is 17.7 Å². The highest BCUT2D eigenvalue weighted by Gasteiger charge is 2.35.